The topological polar surface area (TPSA) is 24.9 Å². The zero-order chi connectivity index (χ0) is 11.7. The van der Waals surface area contributed by atoms with Crippen molar-refractivity contribution < 1.29 is 0 Å². The maximum Gasteiger partial charge on any atom is 0.126 e. The van der Waals surface area contributed by atoms with E-state index in [1.807, 2.05) is 0 Å². The number of halogens is 1. The molecule has 2 aliphatic rings. The van der Waals surface area contributed by atoms with Crippen LogP contribution in [0.4, 0.5) is 5.82 Å². The Labute approximate surface area is 108 Å². The third-order valence-electron chi connectivity index (χ3n) is 4.12. The Morgan fingerprint density at radius 1 is 1.24 bits per heavy atom. The van der Waals surface area contributed by atoms with Crippen LogP contribution in [0, 0.1) is 5.92 Å². The number of aromatic nitrogens is 1. The first-order valence-corrected chi connectivity index (χ1v) is 7.21. The largest absolute Gasteiger partial charge is 0.367 e. The van der Waals surface area contributed by atoms with Crippen LogP contribution in [-0.4, -0.2) is 16.9 Å². The smallest absolute Gasteiger partial charge is 0.126 e. The van der Waals surface area contributed by atoms with Crippen LogP contribution in [0.3, 0.4) is 0 Å². The van der Waals surface area contributed by atoms with Gasteiger partial charge in [-0.1, -0.05) is 12.5 Å². The first-order chi connectivity index (χ1) is 8.36. The van der Waals surface area contributed by atoms with Crippen molar-refractivity contribution in [1.82, 2.24) is 4.98 Å². The minimum atomic E-state index is 0.527. The molecule has 1 aromatic heterocycles. The Kier molecular flexibility index (Phi) is 3.24. The minimum absolute atomic E-state index is 0.527. The SMILES string of the molecule is ClCC1CCCC1Nc1ccc2c(n1)CCC2. The molecule has 3 heteroatoms. The van der Waals surface area contributed by atoms with E-state index in [-0.39, 0.29) is 0 Å². The molecule has 0 aromatic carbocycles. The van der Waals surface area contributed by atoms with Gasteiger partial charge in [0.05, 0.1) is 0 Å². The Hall–Kier alpha value is -0.760. The van der Waals surface area contributed by atoms with Gasteiger partial charge in [-0.25, -0.2) is 4.98 Å². The van der Waals surface area contributed by atoms with Crippen molar-refractivity contribution in [3.05, 3.63) is 23.4 Å². The monoisotopic (exact) mass is 250 g/mol. The highest BCUT2D eigenvalue weighted by molar-refractivity contribution is 6.18. The number of hydrogen-bond donors (Lipinski definition) is 1. The third-order valence-corrected chi connectivity index (χ3v) is 4.52. The molecular formula is C14H19ClN2. The summed E-state index contributed by atoms with van der Waals surface area (Å²) in [7, 11) is 0. The summed E-state index contributed by atoms with van der Waals surface area (Å²) in [5.41, 5.74) is 2.74. The van der Waals surface area contributed by atoms with Gasteiger partial charge in [-0.05, 0) is 49.7 Å². The Balaban J connectivity index is 1.72. The van der Waals surface area contributed by atoms with Gasteiger partial charge < -0.3 is 5.32 Å². The molecule has 1 saturated carbocycles. The summed E-state index contributed by atoms with van der Waals surface area (Å²) >= 11 is 6.00. The molecule has 92 valence electrons. The first kappa shape index (κ1) is 11.3. The van der Waals surface area contributed by atoms with E-state index >= 15 is 0 Å². The number of fused-ring (bicyclic) bond motifs is 1. The van der Waals surface area contributed by atoms with E-state index in [9.17, 15) is 0 Å². The van der Waals surface area contributed by atoms with Crippen LogP contribution < -0.4 is 5.32 Å². The van der Waals surface area contributed by atoms with Crippen molar-refractivity contribution in [3.63, 3.8) is 0 Å². The molecule has 0 saturated heterocycles. The van der Waals surface area contributed by atoms with Gasteiger partial charge in [-0.3, -0.25) is 0 Å². The molecule has 1 fully saturated rings. The standard InChI is InChI=1S/C14H19ClN2/c15-9-11-4-2-6-13(11)17-14-8-7-10-3-1-5-12(10)16-14/h7-8,11,13H,1-6,9H2,(H,16,17). The molecular weight excluding hydrogens is 232 g/mol. The Bertz CT molecular complexity index is 405. The van der Waals surface area contributed by atoms with Crippen LogP contribution in [0.15, 0.2) is 12.1 Å². The second-order valence-electron chi connectivity index (χ2n) is 5.25. The van der Waals surface area contributed by atoms with Crippen molar-refractivity contribution in [3.8, 4) is 0 Å². The second-order valence-corrected chi connectivity index (χ2v) is 5.56. The van der Waals surface area contributed by atoms with Gasteiger partial charge >= 0.3 is 0 Å². The summed E-state index contributed by atoms with van der Waals surface area (Å²) in [6.45, 7) is 0. The molecule has 2 unspecified atom stereocenters. The minimum Gasteiger partial charge on any atom is -0.367 e. The van der Waals surface area contributed by atoms with Gasteiger partial charge in [0.2, 0.25) is 0 Å². The van der Waals surface area contributed by atoms with Crippen LogP contribution in [0.1, 0.15) is 36.9 Å². The van der Waals surface area contributed by atoms with Crippen molar-refractivity contribution >= 4 is 17.4 Å². The summed E-state index contributed by atoms with van der Waals surface area (Å²) in [6.07, 6.45) is 7.40. The quantitative estimate of drug-likeness (QED) is 0.832. The maximum absolute atomic E-state index is 6.00. The molecule has 17 heavy (non-hydrogen) atoms. The summed E-state index contributed by atoms with van der Waals surface area (Å²) in [6, 6.07) is 4.90. The summed E-state index contributed by atoms with van der Waals surface area (Å²) < 4.78 is 0. The van der Waals surface area contributed by atoms with Crippen LogP contribution in [-0.2, 0) is 12.8 Å². The molecule has 2 aliphatic carbocycles. The number of alkyl halides is 1. The lowest BCUT2D eigenvalue weighted by molar-refractivity contribution is 0.561. The molecule has 0 spiro atoms. The van der Waals surface area contributed by atoms with Gasteiger partial charge in [0.25, 0.3) is 0 Å². The summed E-state index contributed by atoms with van der Waals surface area (Å²) in [5, 5.41) is 3.58. The van der Waals surface area contributed by atoms with Crippen molar-refractivity contribution in [2.24, 2.45) is 5.92 Å². The average Bonchev–Trinajstić information content (AvgIpc) is 2.96. The molecule has 0 aliphatic heterocycles. The fourth-order valence-electron chi connectivity index (χ4n) is 3.10. The van der Waals surface area contributed by atoms with E-state index in [1.54, 1.807) is 0 Å². The van der Waals surface area contributed by atoms with Gasteiger partial charge in [0, 0.05) is 17.6 Å². The molecule has 3 rings (SSSR count). The predicted octanol–water partition coefficient (Wildman–Crippen LogP) is 3.39. The van der Waals surface area contributed by atoms with Crippen LogP contribution in [0.5, 0.6) is 0 Å². The van der Waals surface area contributed by atoms with Crippen LogP contribution in [0.2, 0.25) is 0 Å². The number of aryl methyl sites for hydroxylation is 2. The van der Waals surface area contributed by atoms with E-state index in [4.69, 9.17) is 16.6 Å². The molecule has 1 N–H and O–H groups in total. The first-order valence-electron chi connectivity index (χ1n) is 6.68. The lowest BCUT2D eigenvalue weighted by Gasteiger charge is -2.19. The lowest BCUT2D eigenvalue weighted by Crippen LogP contribution is -2.25. The number of anilines is 1. The van der Waals surface area contributed by atoms with E-state index in [0.717, 1.165) is 18.1 Å². The highest BCUT2D eigenvalue weighted by Crippen LogP contribution is 2.30. The zero-order valence-corrected chi connectivity index (χ0v) is 10.8. The average molecular weight is 251 g/mol. The van der Waals surface area contributed by atoms with Crippen LogP contribution >= 0.6 is 11.6 Å². The molecule has 1 heterocycles. The lowest BCUT2D eigenvalue weighted by atomic mass is 10.1. The fraction of sp³-hybridized carbons (Fsp3) is 0.643. The number of pyridine rings is 1. The summed E-state index contributed by atoms with van der Waals surface area (Å²) in [5.74, 6) is 2.43. The number of hydrogen-bond acceptors (Lipinski definition) is 2. The van der Waals surface area contributed by atoms with E-state index in [1.165, 1.54) is 43.4 Å². The van der Waals surface area contributed by atoms with E-state index < -0.39 is 0 Å². The molecule has 2 atom stereocenters. The van der Waals surface area contributed by atoms with Crippen LogP contribution in [0.25, 0.3) is 0 Å². The molecule has 0 bridgehead atoms. The normalized spacial score (nSPS) is 27.1. The highest BCUT2D eigenvalue weighted by atomic mass is 35.5. The highest BCUT2D eigenvalue weighted by Gasteiger charge is 2.26. The molecule has 0 radical (unpaired) electrons. The Morgan fingerprint density at radius 2 is 2.18 bits per heavy atom. The van der Waals surface area contributed by atoms with Gasteiger partial charge in [-0.2, -0.15) is 0 Å². The van der Waals surface area contributed by atoms with E-state index in [0.29, 0.717) is 12.0 Å². The Morgan fingerprint density at radius 3 is 3.06 bits per heavy atom. The number of nitrogens with zero attached hydrogens (tertiary/aromatic N) is 1. The van der Waals surface area contributed by atoms with Crippen molar-refractivity contribution in [2.45, 2.75) is 44.6 Å². The number of rotatable bonds is 3. The summed E-state index contributed by atoms with van der Waals surface area (Å²) in [4.78, 5) is 4.73. The number of nitrogens with one attached hydrogen (secondary N) is 1. The predicted molar refractivity (Wildman–Crippen MR) is 71.7 cm³/mol. The van der Waals surface area contributed by atoms with Gasteiger partial charge in [0.1, 0.15) is 5.82 Å². The molecule has 1 aromatic rings. The van der Waals surface area contributed by atoms with Crippen molar-refractivity contribution in [2.75, 3.05) is 11.2 Å². The van der Waals surface area contributed by atoms with E-state index in [2.05, 4.69) is 17.4 Å². The zero-order valence-electron chi connectivity index (χ0n) is 10.1. The van der Waals surface area contributed by atoms with Gasteiger partial charge in [0.15, 0.2) is 0 Å². The maximum atomic E-state index is 6.00. The second kappa shape index (κ2) is 4.85. The van der Waals surface area contributed by atoms with Gasteiger partial charge in [-0.15, -0.1) is 11.6 Å². The molecule has 2 nitrogen and oxygen atoms in total. The third kappa shape index (κ3) is 2.28. The van der Waals surface area contributed by atoms with Crippen molar-refractivity contribution in [1.29, 1.82) is 0 Å². The fourth-order valence-corrected chi connectivity index (χ4v) is 3.47. The molecule has 0 amide bonds.